The minimum absolute atomic E-state index is 0.342. The van der Waals surface area contributed by atoms with Crippen LogP contribution >= 0.6 is 15.9 Å². The van der Waals surface area contributed by atoms with Gasteiger partial charge in [-0.05, 0) is 29.8 Å². The average molecular weight is 311 g/mol. The van der Waals surface area contributed by atoms with Crippen LogP contribution in [0, 0.1) is 0 Å². The molecule has 0 saturated heterocycles. The molecule has 0 aromatic heterocycles. The Morgan fingerprint density at radius 2 is 1.65 bits per heavy atom. The lowest BCUT2D eigenvalue weighted by molar-refractivity contribution is 0.337. The summed E-state index contributed by atoms with van der Waals surface area (Å²) in [7, 11) is 0. The van der Waals surface area contributed by atoms with Gasteiger partial charge in [0.1, 0.15) is 0 Å². The van der Waals surface area contributed by atoms with Crippen molar-refractivity contribution in [3.05, 3.63) is 64.6 Å². The van der Waals surface area contributed by atoms with E-state index in [1.54, 1.807) is 12.1 Å². The second-order valence-corrected chi connectivity index (χ2v) is 5.53. The van der Waals surface area contributed by atoms with Gasteiger partial charge in [0, 0.05) is 4.47 Å². The zero-order chi connectivity index (χ0) is 12.1. The largest absolute Gasteiger partial charge is 0.282 e. The van der Waals surface area contributed by atoms with Crippen molar-refractivity contribution in [1.82, 2.24) is 0 Å². The van der Waals surface area contributed by atoms with Gasteiger partial charge in [0.2, 0.25) is 0 Å². The molecular formula is C13H11BrO2S. The van der Waals surface area contributed by atoms with Gasteiger partial charge in [0.15, 0.2) is 11.1 Å². The zero-order valence-electron chi connectivity index (χ0n) is 9.01. The molecule has 2 aromatic carbocycles. The Morgan fingerprint density at radius 1 is 1.00 bits per heavy atom. The minimum atomic E-state index is -1.40. The number of halogens is 1. The van der Waals surface area contributed by atoms with Gasteiger partial charge in [-0.15, -0.1) is 0 Å². The molecule has 0 saturated carbocycles. The third kappa shape index (κ3) is 3.77. The van der Waals surface area contributed by atoms with Crippen LogP contribution in [0.2, 0.25) is 0 Å². The van der Waals surface area contributed by atoms with Gasteiger partial charge in [-0.2, -0.15) is 0 Å². The maximum atomic E-state index is 11.8. The molecule has 2 rings (SSSR count). The highest BCUT2D eigenvalue weighted by molar-refractivity contribution is 9.10. The lowest BCUT2D eigenvalue weighted by Crippen LogP contribution is -1.98. The molecule has 17 heavy (non-hydrogen) atoms. The molecule has 0 amide bonds. The van der Waals surface area contributed by atoms with E-state index >= 15 is 0 Å². The van der Waals surface area contributed by atoms with Gasteiger partial charge in [0.05, 0.1) is 11.5 Å². The van der Waals surface area contributed by atoms with Crippen molar-refractivity contribution in [3.63, 3.8) is 0 Å². The second kappa shape index (κ2) is 6.10. The molecule has 1 atom stereocenters. The van der Waals surface area contributed by atoms with Crippen LogP contribution < -0.4 is 0 Å². The molecule has 0 fully saturated rings. The Bertz CT molecular complexity index is 497. The lowest BCUT2D eigenvalue weighted by Gasteiger charge is -2.03. The Morgan fingerprint density at radius 3 is 2.29 bits per heavy atom. The first-order chi connectivity index (χ1) is 8.25. The molecule has 0 N–H and O–H groups in total. The summed E-state index contributed by atoms with van der Waals surface area (Å²) in [6, 6.07) is 16.9. The van der Waals surface area contributed by atoms with Crippen molar-refractivity contribution < 1.29 is 8.39 Å². The highest BCUT2D eigenvalue weighted by Gasteiger charge is 2.03. The van der Waals surface area contributed by atoms with E-state index in [4.69, 9.17) is 4.18 Å². The van der Waals surface area contributed by atoms with Crippen molar-refractivity contribution in [1.29, 1.82) is 0 Å². The van der Waals surface area contributed by atoms with Gasteiger partial charge in [-0.1, -0.05) is 46.3 Å². The second-order valence-electron chi connectivity index (χ2n) is 3.44. The van der Waals surface area contributed by atoms with Crippen LogP contribution in [-0.2, 0) is 21.9 Å². The van der Waals surface area contributed by atoms with E-state index in [-0.39, 0.29) is 0 Å². The first kappa shape index (κ1) is 12.5. The van der Waals surface area contributed by atoms with Crippen molar-refractivity contribution in [2.24, 2.45) is 0 Å². The predicted molar refractivity (Wildman–Crippen MR) is 71.8 cm³/mol. The number of hydrogen-bond donors (Lipinski definition) is 0. The Labute approximate surface area is 111 Å². The fourth-order valence-electron chi connectivity index (χ4n) is 1.30. The normalized spacial score (nSPS) is 12.3. The molecule has 0 spiro atoms. The minimum Gasteiger partial charge on any atom is -0.282 e. The third-order valence-electron chi connectivity index (χ3n) is 2.18. The Balaban J connectivity index is 1.95. The van der Waals surface area contributed by atoms with Gasteiger partial charge < -0.3 is 0 Å². The smallest absolute Gasteiger partial charge is 0.189 e. The summed E-state index contributed by atoms with van der Waals surface area (Å²) in [6.45, 7) is 0.342. The van der Waals surface area contributed by atoms with Crippen molar-refractivity contribution >= 4 is 27.0 Å². The predicted octanol–water partition coefficient (Wildman–Crippen LogP) is 3.69. The quantitative estimate of drug-likeness (QED) is 0.861. The van der Waals surface area contributed by atoms with E-state index < -0.39 is 11.1 Å². The van der Waals surface area contributed by atoms with Crippen LogP contribution in [0.5, 0.6) is 0 Å². The maximum absolute atomic E-state index is 11.8. The summed E-state index contributed by atoms with van der Waals surface area (Å²) < 4.78 is 18.1. The molecule has 0 radical (unpaired) electrons. The SMILES string of the molecule is O=S(OCc1ccc(Br)cc1)c1ccccc1. The van der Waals surface area contributed by atoms with Crippen LogP contribution in [0.3, 0.4) is 0 Å². The first-order valence-corrected chi connectivity index (χ1v) is 6.97. The molecule has 2 nitrogen and oxygen atoms in total. The van der Waals surface area contributed by atoms with Crippen LogP contribution in [0.15, 0.2) is 64.0 Å². The summed E-state index contributed by atoms with van der Waals surface area (Å²) >= 11 is 1.96. The van der Waals surface area contributed by atoms with E-state index in [1.807, 2.05) is 42.5 Å². The molecule has 0 aliphatic heterocycles. The van der Waals surface area contributed by atoms with Crippen LogP contribution in [0.25, 0.3) is 0 Å². The highest BCUT2D eigenvalue weighted by Crippen LogP contribution is 2.13. The van der Waals surface area contributed by atoms with Gasteiger partial charge in [-0.3, -0.25) is 4.18 Å². The number of benzene rings is 2. The molecule has 1 unspecified atom stereocenters. The van der Waals surface area contributed by atoms with Crippen LogP contribution in [0.1, 0.15) is 5.56 Å². The average Bonchev–Trinajstić information content (AvgIpc) is 2.39. The van der Waals surface area contributed by atoms with E-state index in [0.29, 0.717) is 11.5 Å². The number of rotatable bonds is 4. The summed E-state index contributed by atoms with van der Waals surface area (Å²) in [6.07, 6.45) is 0. The standard InChI is InChI=1S/C13H11BrO2S/c14-12-8-6-11(7-9-12)10-16-17(15)13-4-2-1-3-5-13/h1-9H,10H2. The first-order valence-electron chi connectivity index (χ1n) is 5.10. The van der Waals surface area contributed by atoms with E-state index in [0.717, 1.165) is 10.0 Å². The molecular weight excluding hydrogens is 300 g/mol. The Hall–Kier alpha value is -0.970. The Kier molecular flexibility index (Phi) is 4.48. The van der Waals surface area contributed by atoms with Crippen molar-refractivity contribution in [2.75, 3.05) is 0 Å². The zero-order valence-corrected chi connectivity index (χ0v) is 11.4. The maximum Gasteiger partial charge on any atom is 0.189 e. The van der Waals surface area contributed by atoms with E-state index in [1.165, 1.54) is 0 Å². The summed E-state index contributed by atoms with van der Waals surface area (Å²) in [4.78, 5) is 0.685. The molecule has 2 aromatic rings. The molecule has 4 heteroatoms. The van der Waals surface area contributed by atoms with Crippen molar-refractivity contribution in [3.8, 4) is 0 Å². The molecule has 0 heterocycles. The monoisotopic (exact) mass is 310 g/mol. The van der Waals surface area contributed by atoms with Gasteiger partial charge >= 0.3 is 0 Å². The van der Waals surface area contributed by atoms with Crippen molar-refractivity contribution in [2.45, 2.75) is 11.5 Å². The van der Waals surface area contributed by atoms with Gasteiger partial charge in [0.25, 0.3) is 0 Å². The fraction of sp³-hybridized carbons (Fsp3) is 0.0769. The molecule has 0 aliphatic carbocycles. The highest BCUT2D eigenvalue weighted by atomic mass is 79.9. The summed E-state index contributed by atoms with van der Waals surface area (Å²) in [5.74, 6) is 0. The van der Waals surface area contributed by atoms with Crippen LogP contribution in [0.4, 0.5) is 0 Å². The molecule has 0 bridgehead atoms. The number of hydrogen-bond acceptors (Lipinski definition) is 2. The summed E-state index contributed by atoms with van der Waals surface area (Å²) in [5, 5.41) is 0. The third-order valence-corrected chi connectivity index (χ3v) is 3.70. The topological polar surface area (TPSA) is 26.3 Å². The van der Waals surface area contributed by atoms with E-state index in [9.17, 15) is 4.21 Å². The van der Waals surface area contributed by atoms with Gasteiger partial charge in [-0.25, -0.2) is 4.21 Å². The summed E-state index contributed by atoms with van der Waals surface area (Å²) in [5.41, 5.74) is 0.998. The molecule has 88 valence electrons. The molecule has 0 aliphatic rings. The lowest BCUT2D eigenvalue weighted by atomic mass is 10.2. The fourth-order valence-corrected chi connectivity index (χ4v) is 2.32. The van der Waals surface area contributed by atoms with E-state index in [2.05, 4.69) is 15.9 Å². The van der Waals surface area contributed by atoms with Crippen LogP contribution in [-0.4, -0.2) is 4.21 Å².